The number of benzene rings is 12. The van der Waals surface area contributed by atoms with Crippen molar-refractivity contribution in [2.75, 3.05) is 0 Å². The summed E-state index contributed by atoms with van der Waals surface area (Å²) in [6, 6.07) is 102. The molecule has 2 aromatic heterocycles. The van der Waals surface area contributed by atoms with Gasteiger partial charge in [-0.15, -0.1) is 0 Å². The van der Waals surface area contributed by atoms with Gasteiger partial charge in [-0.25, -0.2) is 0 Å². The molecule has 1 atom stereocenters. The number of ether oxygens (including phenoxy) is 1. The van der Waals surface area contributed by atoms with E-state index in [0.717, 1.165) is 39.6 Å². The number of hydrogen-bond donors (Lipinski definition) is 0. The van der Waals surface area contributed by atoms with Crippen LogP contribution in [0, 0.1) is 0 Å². The normalized spacial score (nSPS) is 14.2. The van der Waals surface area contributed by atoms with Crippen LogP contribution in [0.15, 0.2) is 279 Å². The summed E-state index contributed by atoms with van der Waals surface area (Å²) in [6.45, 7) is 0. The lowest BCUT2D eigenvalue weighted by atomic mass is 9.65. The number of aromatic nitrogens is 2. The van der Waals surface area contributed by atoms with Crippen LogP contribution in [0.4, 0.5) is 0 Å². The standard InChI is InChI=1S/C73H46N2O/c1-5-19-47(20-6-1)52-35-40-70-65(46-52)73(63-30-16-18-32-69(63)76-70)62-29-15-13-28-59(62)71-64(73)37-36-58-61-45-51(34-39-68(61)75(72(58)71)55-25-11-4-12-26-55)50-33-38-67-60(44-50)57-27-14-17-31-66(57)74(67)56-42-53(48-21-7-2-8-22-48)41-54(43-56)49-23-9-3-10-24-49/h1-46H. The first kappa shape index (κ1) is 42.5. The second kappa shape index (κ2) is 16.5. The van der Waals surface area contributed by atoms with Crippen molar-refractivity contribution in [3.8, 4) is 78.5 Å². The minimum Gasteiger partial charge on any atom is -0.457 e. The van der Waals surface area contributed by atoms with Gasteiger partial charge in [0.2, 0.25) is 0 Å². The lowest BCUT2D eigenvalue weighted by Gasteiger charge is -2.39. The Balaban J connectivity index is 0.918. The highest BCUT2D eigenvalue weighted by Gasteiger charge is 2.52. The molecule has 0 amide bonds. The Morgan fingerprint density at radius 1 is 0.263 bits per heavy atom. The molecule has 3 nitrogen and oxygen atoms in total. The molecule has 76 heavy (non-hydrogen) atoms. The van der Waals surface area contributed by atoms with Crippen molar-refractivity contribution < 1.29 is 4.74 Å². The van der Waals surface area contributed by atoms with Crippen LogP contribution in [0.3, 0.4) is 0 Å². The van der Waals surface area contributed by atoms with E-state index in [1.807, 2.05) is 0 Å². The highest BCUT2D eigenvalue weighted by atomic mass is 16.5. The summed E-state index contributed by atoms with van der Waals surface area (Å²) < 4.78 is 11.8. The van der Waals surface area contributed by atoms with Crippen molar-refractivity contribution in [2.45, 2.75) is 5.41 Å². The van der Waals surface area contributed by atoms with E-state index in [1.165, 1.54) is 105 Å². The van der Waals surface area contributed by atoms with Gasteiger partial charge in [0.1, 0.15) is 11.5 Å². The van der Waals surface area contributed by atoms with Gasteiger partial charge in [0.05, 0.1) is 27.5 Å². The zero-order valence-corrected chi connectivity index (χ0v) is 41.4. The molecule has 1 aliphatic carbocycles. The molecule has 0 radical (unpaired) electrons. The second-order valence-electron chi connectivity index (χ2n) is 20.3. The predicted molar refractivity (Wildman–Crippen MR) is 314 cm³/mol. The Labute approximate surface area is 440 Å². The summed E-state index contributed by atoms with van der Waals surface area (Å²) in [4.78, 5) is 0. The highest BCUT2D eigenvalue weighted by molar-refractivity contribution is 6.17. The van der Waals surface area contributed by atoms with Crippen molar-refractivity contribution in [3.63, 3.8) is 0 Å². The smallest absolute Gasteiger partial charge is 0.132 e. The molecule has 0 bridgehead atoms. The quantitative estimate of drug-likeness (QED) is 0.162. The molecule has 12 aromatic carbocycles. The second-order valence-corrected chi connectivity index (χ2v) is 20.3. The van der Waals surface area contributed by atoms with E-state index in [9.17, 15) is 0 Å². The Morgan fingerprint density at radius 2 is 0.776 bits per heavy atom. The first-order valence-corrected chi connectivity index (χ1v) is 26.2. The largest absolute Gasteiger partial charge is 0.457 e. The van der Waals surface area contributed by atoms with E-state index in [-0.39, 0.29) is 0 Å². The minimum atomic E-state index is -0.640. The van der Waals surface area contributed by atoms with Gasteiger partial charge in [-0.3, -0.25) is 0 Å². The Morgan fingerprint density at radius 3 is 1.47 bits per heavy atom. The monoisotopic (exact) mass is 966 g/mol. The number of fused-ring (bicyclic) bond motifs is 16. The zero-order chi connectivity index (χ0) is 49.9. The third-order valence-electron chi connectivity index (χ3n) is 16.3. The molecule has 354 valence electrons. The lowest BCUT2D eigenvalue weighted by molar-refractivity contribution is 0.436. The van der Waals surface area contributed by atoms with E-state index in [0.29, 0.717) is 0 Å². The average Bonchev–Trinajstić information content (AvgIpc) is 4.33. The fourth-order valence-corrected chi connectivity index (χ4v) is 13.1. The zero-order valence-electron chi connectivity index (χ0n) is 41.4. The number of rotatable bonds is 6. The van der Waals surface area contributed by atoms with Crippen molar-refractivity contribution in [3.05, 3.63) is 301 Å². The van der Waals surface area contributed by atoms with Crippen LogP contribution in [-0.4, -0.2) is 9.13 Å². The van der Waals surface area contributed by atoms with Crippen LogP contribution in [0.2, 0.25) is 0 Å². The predicted octanol–water partition coefficient (Wildman–Crippen LogP) is 19.0. The van der Waals surface area contributed by atoms with E-state index in [1.54, 1.807) is 0 Å². The molecule has 0 saturated heterocycles. The fourth-order valence-electron chi connectivity index (χ4n) is 13.1. The third-order valence-corrected chi connectivity index (χ3v) is 16.3. The molecule has 16 rings (SSSR count). The molecule has 3 heterocycles. The minimum absolute atomic E-state index is 0.640. The molecule has 0 N–H and O–H groups in total. The molecule has 1 aliphatic heterocycles. The summed E-state index contributed by atoms with van der Waals surface area (Å²) >= 11 is 0. The van der Waals surface area contributed by atoms with Crippen LogP contribution in [-0.2, 0) is 5.41 Å². The van der Waals surface area contributed by atoms with Gasteiger partial charge >= 0.3 is 0 Å². The van der Waals surface area contributed by atoms with Crippen molar-refractivity contribution >= 4 is 43.6 Å². The SMILES string of the molecule is c1ccc(-c2cc(-c3ccccc3)cc(-n3c4ccccc4c4cc(-c5ccc6c(c5)c5ccc7c(c5n6-c5ccccc5)-c5ccccc5C75c6ccccc6Oc6ccc(-c7ccccc7)cc65)ccc43)c2)cc1. The summed E-state index contributed by atoms with van der Waals surface area (Å²) in [5.41, 5.74) is 23.1. The lowest BCUT2D eigenvalue weighted by Crippen LogP contribution is -2.32. The topological polar surface area (TPSA) is 19.1 Å². The van der Waals surface area contributed by atoms with Gasteiger partial charge in [-0.1, -0.05) is 200 Å². The van der Waals surface area contributed by atoms with Crippen molar-refractivity contribution in [1.29, 1.82) is 0 Å². The van der Waals surface area contributed by atoms with Gasteiger partial charge in [0.15, 0.2) is 0 Å². The highest BCUT2D eigenvalue weighted by Crippen LogP contribution is 2.64. The molecule has 3 heteroatoms. The van der Waals surface area contributed by atoms with E-state index >= 15 is 0 Å². The van der Waals surface area contributed by atoms with Gasteiger partial charge in [0, 0.05) is 49.6 Å². The molecular weight excluding hydrogens is 921 g/mol. The molecule has 2 aliphatic rings. The summed E-state index contributed by atoms with van der Waals surface area (Å²) in [7, 11) is 0. The molecule has 1 unspecified atom stereocenters. The maximum absolute atomic E-state index is 6.88. The van der Waals surface area contributed by atoms with Crippen LogP contribution in [0.25, 0.3) is 111 Å². The maximum atomic E-state index is 6.88. The first-order valence-electron chi connectivity index (χ1n) is 26.2. The average molecular weight is 967 g/mol. The summed E-state index contributed by atoms with van der Waals surface area (Å²) in [5, 5.41) is 4.88. The van der Waals surface area contributed by atoms with Gasteiger partial charge in [-0.2, -0.15) is 0 Å². The van der Waals surface area contributed by atoms with Crippen LogP contribution in [0.1, 0.15) is 22.3 Å². The van der Waals surface area contributed by atoms with E-state index < -0.39 is 5.41 Å². The van der Waals surface area contributed by atoms with Gasteiger partial charge in [0.25, 0.3) is 0 Å². The van der Waals surface area contributed by atoms with Crippen LogP contribution in [0.5, 0.6) is 11.5 Å². The van der Waals surface area contributed by atoms with Gasteiger partial charge in [-0.05, 0) is 140 Å². The Bertz CT molecular complexity index is 4590. The Kier molecular flexibility index (Phi) is 9.25. The summed E-state index contributed by atoms with van der Waals surface area (Å²) in [6.07, 6.45) is 0. The molecular formula is C73H46N2O. The van der Waals surface area contributed by atoms with Crippen molar-refractivity contribution in [2.24, 2.45) is 0 Å². The number of nitrogens with zero attached hydrogens (tertiary/aromatic N) is 2. The van der Waals surface area contributed by atoms with Gasteiger partial charge < -0.3 is 13.9 Å². The number of para-hydroxylation sites is 3. The van der Waals surface area contributed by atoms with Crippen molar-refractivity contribution in [1.82, 2.24) is 9.13 Å². The third kappa shape index (κ3) is 6.17. The van der Waals surface area contributed by atoms with Crippen LogP contribution >= 0.6 is 0 Å². The van der Waals surface area contributed by atoms with E-state index in [2.05, 4.69) is 288 Å². The first-order chi connectivity index (χ1) is 37.7. The molecule has 0 saturated carbocycles. The fraction of sp³-hybridized carbons (Fsp3) is 0.0137. The maximum Gasteiger partial charge on any atom is 0.132 e. The molecule has 0 fully saturated rings. The molecule has 1 spiro atoms. The van der Waals surface area contributed by atoms with Crippen LogP contribution < -0.4 is 4.74 Å². The number of hydrogen-bond acceptors (Lipinski definition) is 1. The van der Waals surface area contributed by atoms with E-state index in [4.69, 9.17) is 4.74 Å². The summed E-state index contributed by atoms with van der Waals surface area (Å²) in [5.74, 6) is 1.77. The molecule has 14 aromatic rings. The Hall–Kier alpha value is -9.96.